The largest absolute Gasteiger partial charge is 0.368 e. The lowest BCUT2D eigenvalue weighted by Crippen LogP contribution is -2.44. The molecule has 0 bridgehead atoms. The number of nitrogens with two attached hydrogens (primary N) is 1. The summed E-state index contributed by atoms with van der Waals surface area (Å²) < 4.78 is 0. The standard InChI is InChI=1S/C15H18N5/c1-19-7-9-20(10-8-19)14-11-13(17-15(16)18-14)12-5-3-2-4-6-12/h2-3,5-6,11H,7-10H2,1H3,(H2,16,17,18). The molecule has 0 saturated carbocycles. The minimum Gasteiger partial charge on any atom is -0.368 e. The van der Waals surface area contributed by atoms with Crippen LogP contribution >= 0.6 is 0 Å². The number of nitrogen functional groups attached to an aromatic ring is 1. The van der Waals surface area contributed by atoms with Crippen molar-refractivity contribution in [1.29, 1.82) is 0 Å². The normalized spacial score (nSPS) is 16.4. The molecule has 3 rings (SSSR count). The van der Waals surface area contributed by atoms with E-state index < -0.39 is 0 Å². The third-order valence-corrected chi connectivity index (χ3v) is 3.56. The van der Waals surface area contributed by atoms with Gasteiger partial charge in [-0.2, -0.15) is 4.98 Å². The van der Waals surface area contributed by atoms with Crippen LogP contribution in [0.25, 0.3) is 11.3 Å². The van der Waals surface area contributed by atoms with Crippen molar-refractivity contribution in [3.63, 3.8) is 0 Å². The van der Waals surface area contributed by atoms with E-state index in [1.807, 2.05) is 30.3 Å². The van der Waals surface area contributed by atoms with Crippen LogP contribution in [0.5, 0.6) is 0 Å². The smallest absolute Gasteiger partial charge is 0.222 e. The molecule has 0 amide bonds. The van der Waals surface area contributed by atoms with Gasteiger partial charge in [-0.25, -0.2) is 4.98 Å². The molecule has 1 aromatic carbocycles. The summed E-state index contributed by atoms with van der Waals surface area (Å²) in [7, 11) is 2.14. The monoisotopic (exact) mass is 268 g/mol. The van der Waals surface area contributed by atoms with Gasteiger partial charge in [-0.1, -0.05) is 18.2 Å². The van der Waals surface area contributed by atoms with Crippen molar-refractivity contribution >= 4 is 11.8 Å². The molecule has 0 spiro atoms. The van der Waals surface area contributed by atoms with E-state index >= 15 is 0 Å². The highest BCUT2D eigenvalue weighted by Crippen LogP contribution is 2.23. The molecule has 1 radical (unpaired) electrons. The molecule has 2 heterocycles. The quantitative estimate of drug-likeness (QED) is 0.889. The predicted octanol–water partition coefficient (Wildman–Crippen LogP) is 1.28. The van der Waals surface area contributed by atoms with Gasteiger partial charge in [0.1, 0.15) is 5.82 Å². The van der Waals surface area contributed by atoms with Gasteiger partial charge in [0.2, 0.25) is 5.95 Å². The second-order valence-electron chi connectivity index (χ2n) is 5.05. The Morgan fingerprint density at radius 1 is 1.20 bits per heavy atom. The fourth-order valence-corrected chi connectivity index (χ4v) is 2.35. The number of benzene rings is 1. The van der Waals surface area contributed by atoms with E-state index in [4.69, 9.17) is 5.73 Å². The van der Waals surface area contributed by atoms with Crippen LogP contribution in [0.1, 0.15) is 0 Å². The number of nitrogens with zero attached hydrogens (tertiary/aromatic N) is 4. The van der Waals surface area contributed by atoms with Crippen molar-refractivity contribution in [3.8, 4) is 11.3 Å². The SMILES string of the molecule is CN1CCN(c2cc(-c3c[c]ccc3)nc(N)n2)CC1. The molecule has 20 heavy (non-hydrogen) atoms. The van der Waals surface area contributed by atoms with Gasteiger partial charge in [-0.15, -0.1) is 0 Å². The zero-order chi connectivity index (χ0) is 13.9. The lowest BCUT2D eigenvalue weighted by atomic mass is 10.1. The van der Waals surface area contributed by atoms with Crippen LogP contribution in [0, 0.1) is 6.07 Å². The Bertz CT molecular complexity index is 576. The first-order valence-electron chi connectivity index (χ1n) is 6.77. The number of hydrogen-bond acceptors (Lipinski definition) is 5. The second-order valence-corrected chi connectivity index (χ2v) is 5.05. The Kier molecular flexibility index (Phi) is 3.52. The Labute approximate surface area is 119 Å². The third kappa shape index (κ3) is 2.72. The molecule has 103 valence electrons. The van der Waals surface area contributed by atoms with E-state index in [2.05, 4.69) is 32.9 Å². The van der Waals surface area contributed by atoms with Crippen molar-refractivity contribution in [2.75, 3.05) is 43.9 Å². The topological polar surface area (TPSA) is 58.3 Å². The molecule has 5 nitrogen and oxygen atoms in total. The van der Waals surface area contributed by atoms with Gasteiger partial charge in [-0.05, 0) is 19.2 Å². The van der Waals surface area contributed by atoms with E-state index in [1.54, 1.807) is 0 Å². The Balaban J connectivity index is 1.91. The van der Waals surface area contributed by atoms with Crippen LogP contribution < -0.4 is 10.6 Å². The first kappa shape index (κ1) is 12.9. The van der Waals surface area contributed by atoms with Crippen LogP contribution in [0.2, 0.25) is 0 Å². The van der Waals surface area contributed by atoms with Gasteiger partial charge in [0, 0.05) is 37.8 Å². The molecule has 5 heteroatoms. The maximum Gasteiger partial charge on any atom is 0.222 e. The van der Waals surface area contributed by atoms with E-state index in [9.17, 15) is 0 Å². The fraction of sp³-hybridized carbons (Fsp3) is 0.333. The zero-order valence-corrected chi connectivity index (χ0v) is 11.6. The summed E-state index contributed by atoms with van der Waals surface area (Å²) in [6.45, 7) is 4.01. The predicted molar refractivity (Wildman–Crippen MR) is 80.4 cm³/mol. The minimum absolute atomic E-state index is 0.320. The number of anilines is 2. The summed E-state index contributed by atoms with van der Waals surface area (Å²) in [6, 6.07) is 12.8. The van der Waals surface area contributed by atoms with Gasteiger partial charge < -0.3 is 15.5 Å². The van der Waals surface area contributed by atoms with Crippen LogP contribution in [-0.2, 0) is 0 Å². The molecule has 0 aliphatic carbocycles. The molecule has 1 saturated heterocycles. The summed E-state index contributed by atoms with van der Waals surface area (Å²) in [5.41, 5.74) is 7.72. The van der Waals surface area contributed by atoms with E-state index in [0.29, 0.717) is 5.95 Å². The molecule has 1 aliphatic rings. The highest BCUT2D eigenvalue weighted by Gasteiger charge is 2.16. The zero-order valence-electron chi connectivity index (χ0n) is 11.6. The van der Waals surface area contributed by atoms with Gasteiger partial charge in [0.15, 0.2) is 0 Å². The first-order valence-corrected chi connectivity index (χ1v) is 6.77. The molecule has 1 fully saturated rings. The van der Waals surface area contributed by atoms with E-state index in [0.717, 1.165) is 43.3 Å². The summed E-state index contributed by atoms with van der Waals surface area (Å²) in [4.78, 5) is 13.3. The molecule has 1 aromatic heterocycles. The van der Waals surface area contributed by atoms with E-state index in [1.165, 1.54) is 0 Å². The Hall–Kier alpha value is -2.14. The summed E-state index contributed by atoms with van der Waals surface area (Å²) in [6.07, 6.45) is 0. The Morgan fingerprint density at radius 2 is 2.00 bits per heavy atom. The number of aromatic nitrogens is 2. The van der Waals surface area contributed by atoms with Crippen molar-refractivity contribution in [2.45, 2.75) is 0 Å². The number of rotatable bonds is 2. The third-order valence-electron chi connectivity index (χ3n) is 3.56. The number of likely N-dealkylation sites (N-methyl/N-ethyl adjacent to an activating group) is 1. The van der Waals surface area contributed by atoms with Crippen LogP contribution in [0.15, 0.2) is 30.3 Å². The van der Waals surface area contributed by atoms with Crippen LogP contribution in [0.3, 0.4) is 0 Å². The number of hydrogen-bond donors (Lipinski definition) is 1. The lowest BCUT2D eigenvalue weighted by molar-refractivity contribution is 0.312. The van der Waals surface area contributed by atoms with E-state index in [-0.39, 0.29) is 0 Å². The highest BCUT2D eigenvalue weighted by molar-refractivity contribution is 5.64. The molecule has 1 aliphatic heterocycles. The van der Waals surface area contributed by atoms with Crippen LogP contribution in [0.4, 0.5) is 11.8 Å². The van der Waals surface area contributed by atoms with Gasteiger partial charge in [0.05, 0.1) is 5.69 Å². The molecule has 2 aromatic rings. The van der Waals surface area contributed by atoms with Crippen molar-refractivity contribution in [3.05, 3.63) is 36.4 Å². The summed E-state index contributed by atoms with van der Waals surface area (Å²) in [5.74, 6) is 1.23. The van der Waals surface area contributed by atoms with Crippen molar-refractivity contribution in [2.24, 2.45) is 0 Å². The molecule has 0 atom stereocenters. The number of piperazine rings is 1. The first-order chi connectivity index (χ1) is 9.72. The van der Waals surface area contributed by atoms with Gasteiger partial charge in [-0.3, -0.25) is 0 Å². The second kappa shape index (κ2) is 5.46. The minimum atomic E-state index is 0.320. The van der Waals surface area contributed by atoms with Crippen molar-refractivity contribution < 1.29 is 0 Å². The van der Waals surface area contributed by atoms with Gasteiger partial charge in [0.25, 0.3) is 0 Å². The summed E-state index contributed by atoms with van der Waals surface area (Å²) in [5, 5.41) is 0. The molecule has 2 N–H and O–H groups in total. The fourth-order valence-electron chi connectivity index (χ4n) is 2.35. The highest BCUT2D eigenvalue weighted by atomic mass is 15.3. The van der Waals surface area contributed by atoms with Crippen LogP contribution in [-0.4, -0.2) is 48.1 Å². The molecular weight excluding hydrogens is 250 g/mol. The average molecular weight is 268 g/mol. The average Bonchev–Trinajstić information content (AvgIpc) is 2.48. The van der Waals surface area contributed by atoms with Crippen molar-refractivity contribution in [1.82, 2.24) is 14.9 Å². The van der Waals surface area contributed by atoms with Gasteiger partial charge >= 0.3 is 0 Å². The maximum absolute atomic E-state index is 5.86. The molecule has 0 unspecified atom stereocenters. The lowest BCUT2D eigenvalue weighted by Gasteiger charge is -2.33. The summed E-state index contributed by atoms with van der Waals surface area (Å²) >= 11 is 0. The maximum atomic E-state index is 5.86. The Morgan fingerprint density at radius 3 is 2.70 bits per heavy atom. The molecular formula is C15H18N5.